The third kappa shape index (κ3) is 2.79. The zero-order chi connectivity index (χ0) is 14.9. The molecule has 0 atom stereocenters. The first-order valence-corrected chi connectivity index (χ1v) is 6.38. The number of amides is 1. The van der Waals surface area contributed by atoms with Crippen LogP contribution >= 0.6 is 0 Å². The van der Waals surface area contributed by atoms with Crippen LogP contribution in [0.3, 0.4) is 0 Å². The third-order valence-electron chi connectivity index (χ3n) is 3.19. The molecule has 2 aromatic rings. The van der Waals surface area contributed by atoms with Crippen LogP contribution in [0, 0.1) is 27.7 Å². The molecule has 1 aromatic carbocycles. The van der Waals surface area contributed by atoms with Crippen LogP contribution < -0.4 is 10.9 Å². The van der Waals surface area contributed by atoms with Gasteiger partial charge in [0.25, 0.3) is 5.91 Å². The standard InChI is InChI=1S/C16H17NO3/c1-9-5-6-13(10(2)7-9)17-16(19)15-11(3)8-14(18)20-12(15)4/h5-8H,1-4H3,(H,17,19). The Morgan fingerprint density at radius 2 is 1.75 bits per heavy atom. The quantitative estimate of drug-likeness (QED) is 0.912. The molecule has 0 bridgehead atoms. The van der Waals surface area contributed by atoms with Crippen molar-refractivity contribution in [3.8, 4) is 0 Å². The molecular formula is C16H17NO3. The molecule has 1 N–H and O–H groups in total. The zero-order valence-electron chi connectivity index (χ0n) is 12.0. The molecule has 0 fully saturated rings. The van der Waals surface area contributed by atoms with Gasteiger partial charge in [-0.3, -0.25) is 4.79 Å². The molecule has 4 heteroatoms. The van der Waals surface area contributed by atoms with E-state index < -0.39 is 5.63 Å². The maximum absolute atomic E-state index is 12.3. The lowest BCUT2D eigenvalue weighted by molar-refractivity contribution is 0.102. The van der Waals surface area contributed by atoms with Gasteiger partial charge in [-0.1, -0.05) is 17.7 Å². The molecule has 0 saturated carbocycles. The molecule has 0 saturated heterocycles. The van der Waals surface area contributed by atoms with Gasteiger partial charge in [0.05, 0.1) is 5.56 Å². The minimum absolute atomic E-state index is 0.268. The van der Waals surface area contributed by atoms with Crippen molar-refractivity contribution in [3.63, 3.8) is 0 Å². The number of anilines is 1. The topological polar surface area (TPSA) is 59.3 Å². The third-order valence-corrected chi connectivity index (χ3v) is 3.19. The second-order valence-corrected chi connectivity index (χ2v) is 4.95. The predicted molar refractivity (Wildman–Crippen MR) is 78.3 cm³/mol. The fourth-order valence-corrected chi connectivity index (χ4v) is 2.24. The van der Waals surface area contributed by atoms with Crippen molar-refractivity contribution in [2.75, 3.05) is 5.32 Å². The summed E-state index contributed by atoms with van der Waals surface area (Å²) in [5.74, 6) is 0.0629. The second-order valence-electron chi connectivity index (χ2n) is 4.95. The van der Waals surface area contributed by atoms with Gasteiger partial charge in [-0.15, -0.1) is 0 Å². The first-order chi connectivity index (χ1) is 9.38. The summed E-state index contributed by atoms with van der Waals surface area (Å²) in [6.45, 7) is 7.28. The van der Waals surface area contributed by atoms with E-state index in [0.29, 0.717) is 16.9 Å². The number of hydrogen-bond donors (Lipinski definition) is 1. The number of rotatable bonds is 2. The SMILES string of the molecule is Cc1ccc(NC(=O)c2c(C)cc(=O)oc2C)c(C)c1. The first kappa shape index (κ1) is 14.1. The highest BCUT2D eigenvalue weighted by Crippen LogP contribution is 2.19. The average Bonchev–Trinajstić information content (AvgIpc) is 2.31. The van der Waals surface area contributed by atoms with Crippen LogP contribution in [0.1, 0.15) is 32.8 Å². The van der Waals surface area contributed by atoms with E-state index in [4.69, 9.17) is 4.42 Å². The number of nitrogens with one attached hydrogen (secondary N) is 1. The van der Waals surface area contributed by atoms with E-state index in [1.54, 1.807) is 13.8 Å². The van der Waals surface area contributed by atoms with Crippen molar-refractivity contribution in [1.29, 1.82) is 0 Å². The number of aryl methyl sites for hydroxylation is 4. The summed E-state index contributed by atoms with van der Waals surface area (Å²) in [6.07, 6.45) is 0. The van der Waals surface area contributed by atoms with Gasteiger partial charge in [0.15, 0.2) is 0 Å². The Morgan fingerprint density at radius 3 is 2.35 bits per heavy atom. The highest BCUT2D eigenvalue weighted by atomic mass is 16.4. The van der Waals surface area contributed by atoms with Gasteiger partial charge in [0.2, 0.25) is 0 Å². The minimum Gasteiger partial charge on any atom is -0.427 e. The Balaban J connectivity index is 2.36. The van der Waals surface area contributed by atoms with Crippen LogP contribution in [0.5, 0.6) is 0 Å². The van der Waals surface area contributed by atoms with Crippen LogP contribution in [0.25, 0.3) is 0 Å². The molecule has 2 rings (SSSR count). The Morgan fingerprint density at radius 1 is 1.05 bits per heavy atom. The predicted octanol–water partition coefficient (Wildman–Crippen LogP) is 3.13. The smallest absolute Gasteiger partial charge is 0.336 e. The van der Waals surface area contributed by atoms with E-state index in [1.165, 1.54) is 6.07 Å². The Hall–Kier alpha value is -2.36. The fraction of sp³-hybridized carbons (Fsp3) is 0.250. The lowest BCUT2D eigenvalue weighted by Gasteiger charge is -2.11. The molecule has 0 aliphatic heterocycles. The summed E-state index contributed by atoms with van der Waals surface area (Å²) in [7, 11) is 0. The van der Waals surface area contributed by atoms with E-state index >= 15 is 0 Å². The molecule has 1 amide bonds. The molecule has 0 unspecified atom stereocenters. The van der Waals surface area contributed by atoms with Gasteiger partial charge in [0, 0.05) is 11.8 Å². The van der Waals surface area contributed by atoms with E-state index in [9.17, 15) is 9.59 Å². The average molecular weight is 271 g/mol. The van der Waals surface area contributed by atoms with Crippen molar-refractivity contribution in [3.05, 3.63) is 62.7 Å². The zero-order valence-corrected chi connectivity index (χ0v) is 12.0. The fourth-order valence-electron chi connectivity index (χ4n) is 2.24. The molecule has 0 spiro atoms. The monoisotopic (exact) mass is 271 g/mol. The number of benzene rings is 1. The molecule has 0 aliphatic carbocycles. The molecular weight excluding hydrogens is 254 g/mol. The Kier molecular flexibility index (Phi) is 3.74. The van der Waals surface area contributed by atoms with Gasteiger partial charge < -0.3 is 9.73 Å². The van der Waals surface area contributed by atoms with Crippen molar-refractivity contribution in [2.24, 2.45) is 0 Å². The summed E-state index contributed by atoms with van der Waals surface area (Å²) < 4.78 is 4.98. The van der Waals surface area contributed by atoms with E-state index in [-0.39, 0.29) is 5.91 Å². The molecule has 0 aliphatic rings. The number of carbonyl (C=O) groups is 1. The van der Waals surface area contributed by atoms with Crippen LogP contribution in [0.4, 0.5) is 5.69 Å². The summed E-state index contributed by atoms with van der Waals surface area (Å²) in [4.78, 5) is 23.6. The maximum Gasteiger partial charge on any atom is 0.336 e. The molecule has 20 heavy (non-hydrogen) atoms. The molecule has 4 nitrogen and oxygen atoms in total. The summed E-state index contributed by atoms with van der Waals surface area (Å²) >= 11 is 0. The van der Waals surface area contributed by atoms with Crippen LogP contribution in [0.2, 0.25) is 0 Å². The van der Waals surface area contributed by atoms with Gasteiger partial charge in [-0.25, -0.2) is 4.79 Å². The van der Waals surface area contributed by atoms with Gasteiger partial charge in [-0.2, -0.15) is 0 Å². The Labute approximate surface area is 117 Å². The highest BCUT2D eigenvalue weighted by molar-refractivity contribution is 6.06. The van der Waals surface area contributed by atoms with E-state index in [1.807, 2.05) is 32.0 Å². The van der Waals surface area contributed by atoms with E-state index in [0.717, 1.165) is 16.8 Å². The van der Waals surface area contributed by atoms with Crippen molar-refractivity contribution >= 4 is 11.6 Å². The molecule has 1 heterocycles. The number of hydrogen-bond acceptors (Lipinski definition) is 3. The molecule has 0 radical (unpaired) electrons. The highest BCUT2D eigenvalue weighted by Gasteiger charge is 2.16. The summed E-state index contributed by atoms with van der Waals surface area (Å²) in [5, 5.41) is 2.85. The first-order valence-electron chi connectivity index (χ1n) is 6.38. The normalized spacial score (nSPS) is 10.4. The van der Waals surface area contributed by atoms with Crippen molar-refractivity contribution < 1.29 is 9.21 Å². The van der Waals surface area contributed by atoms with Crippen molar-refractivity contribution in [2.45, 2.75) is 27.7 Å². The number of carbonyl (C=O) groups excluding carboxylic acids is 1. The summed E-state index contributed by atoms with van der Waals surface area (Å²) in [6, 6.07) is 7.13. The largest absolute Gasteiger partial charge is 0.427 e. The van der Waals surface area contributed by atoms with E-state index in [2.05, 4.69) is 5.32 Å². The van der Waals surface area contributed by atoms with Gasteiger partial charge in [-0.05, 0) is 44.9 Å². The minimum atomic E-state index is -0.442. The molecule has 1 aromatic heterocycles. The Bertz CT molecular complexity index is 703. The van der Waals surface area contributed by atoms with Crippen LogP contribution in [-0.4, -0.2) is 5.91 Å². The maximum atomic E-state index is 12.3. The molecule has 104 valence electrons. The van der Waals surface area contributed by atoms with Crippen molar-refractivity contribution in [1.82, 2.24) is 0 Å². The van der Waals surface area contributed by atoms with Crippen LogP contribution in [-0.2, 0) is 0 Å². The lowest BCUT2D eigenvalue weighted by Crippen LogP contribution is -2.17. The van der Waals surface area contributed by atoms with Crippen LogP contribution in [0.15, 0.2) is 33.5 Å². The van der Waals surface area contributed by atoms with Gasteiger partial charge >= 0.3 is 5.63 Å². The summed E-state index contributed by atoms with van der Waals surface area (Å²) in [5.41, 5.74) is 3.46. The van der Waals surface area contributed by atoms with Gasteiger partial charge in [0.1, 0.15) is 5.76 Å². The second kappa shape index (κ2) is 5.33. The lowest BCUT2D eigenvalue weighted by atomic mass is 10.1.